The van der Waals surface area contributed by atoms with Crippen molar-refractivity contribution in [1.29, 1.82) is 0 Å². The number of aryl methyl sites for hydroxylation is 1. The molecule has 1 aliphatic heterocycles. The highest BCUT2D eigenvalue weighted by Gasteiger charge is 2.33. The van der Waals surface area contributed by atoms with Crippen molar-refractivity contribution in [2.75, 3.05) is 13.1 Å². The predicted octanol–water partition coefficient (Wildman–Crippen LogP) is 2.42. The number of benzene rings is 1. The number of carbonyl (C=O) groups excluding carboxylic acids is 2. The van der Waals surface area contributed by atoms with E-state index in [1.165, 1.54) is 11.3 Å². The number of nitrogens with one attached hydrogen (secondary N) is 2. The molecule has 162 valence electrons. The molecule has 0 radical (unpaired) electrons. The van der Waals surface area contributed by atoms with Gasteiger partial charge in [0, 0.05) is 25.7 Å². The van der Waals surface area contributed by atoms with Crippen LogP contribution in [0.15, 0.2) is 46.0 Å². The maximum Gasteiger partial charge on any atom is 0.309 e. The Bertz CT molecular complexity index is 957. The molecule has 9 heteroatoms. The van der Waals surface area contributed by atoms with Gasteiger partial charge in [-0.15, -0.1) is 11.3 Å². The van der Waals surface area contributed by atoms with Crippen molar-refractivity contribution in [1.82, 2.24) is 14.9 Å². The molecule has 2 aromatic rings. The van der Waals surface area contributed by atoms with Crippen molar-refractivity contribution in [2.45, 2.75) is 49.4 Å². The van der Waals surface area contributed by atoms with Gasteiger partial charge < -0.3 is 10.6 Å². The minimum atomic E-state index is -3.52. The van der Waals surface area contributed by atoms with Crippen LogP contribution in [0, 0.1) is 6.92 Å². The summed E-state index contributed by atoms with van der Waals surface area (Å²) in [5.74, 6) is -1.40. The number of rotatable bonds is 7. The lowest BCUT2D eigenvalue weighted by molar-refractivity contribution is -0.139. The molecule has 3 rings (SSSR count). The van der Waals surface area contributed by atoms with E-state index in [0.29, 0.717) is 17.2 Å². The highest BCUT2D eigenvalue weighted by molar-refractivity contribution is 7.91. The minimum absolute atomic E-state index is 0.179. The zero-order valence-corrected chi connectivity index (χ0v) is 18.6. The fraction of sp³-hybridized carbons (Fsp3) is 0.429. The van der Waals surface area contributed by atoms with Crippen LogP contribution in [0.1, 0.15) is 36.8 Å². The van der Waals surface area contributed by atoms with E-state index in [1.54, 1.807) is 21.8 Å². The summed E-state index contributed by atoms with van der Waals surface area (Å²) < 4.78 is 27.7. The van der Waals surface area contributed by atoms with E-state index in [0.717, 1.165) is 30.4 Å². The Kier molecular flexibility index (Phi) is 7.63. The number of hydrogen-bond donors (Lipinski definition) is 2. The van der Waals surface area contributed by atoms with Gasteiger partial charge >= 0.3 is 11.8 Å². The Morgan fingerprint density at radius 2 is 1.83 bits per heavy atom. The van der Waals surface area contributed by atoms with E-state index in [-0.39, 0.29) is 19.1 Å². The zero-order valence-electron chi connectivity index (χ0n) is 17.0. The molecule has 1 fully saturated rings. The standard InChI is InChI=1S/C21H27N3O4S2/c1-16-7-9-17(10-8-16)15-23-21(26)20(25)22-12-11-18-5-2-3-13-24(18)30(27,28)19-6-4-14-29-19/h4,6-10,14,18H,2-3,5,11-13,15H2,1H3,(H,22,25)(H,23,26)/t18-/m0/s1. The molecule has 1 aliphatic rings. The van der Waals surface area contributed by atoms with Gasteiger partial charge in [-0.05, 0) is 43.2 Å². The van der Waals surface area contributed by atoms with Gasteiger partial charge in [-0.25, -0.2) is 8.42 Å². The second-order valence-electron chi connectivity index (χ2n) is 7.41. The van der Waals surface area contributed by atoms with Crippen LogP contribution in [0.4, 0.5) is 0 Å². The molecular formula is C21H27N3O4S2. The molecule has 2 amide bonds. The maximum absolute atomic E-state index is 12.9. The van der Waals surface area contributed by atoms with E-state index < -0.39 is 21.8 Å². The summed E-state index contributed by atoms with van der Waals surface area (Å²) in [5, 5.41) is 6.97. The largest absolute Gasteiger partial charge is 0.348 e. The van der Waals surface area contributed by atoms with Gasteiger partial charge in [-0.3, -0.25) is 9.59 Å². The molecule has 2 N–H and O–H groups in total. The average molecular weight is 450 g/mol. The van der Waals surface area contributed by atoms with Gasteiger partial charge in [0.1, 0.15) is 4.21 Å². The van der Waals surface area contributed by atoms with E-state index in [4.69, 9.17) is 0 Å². The number of thiophene rings is 1. The van der Waals surface area contributed by atoms with E-state index in [2.05, 4.69) is 10.6 Å². The summed E-state index contributed by atoms with van der Waals surface area (Å²) in [6.07, 6.45) is 3.00. The number of nitrogens with zero attached hydrogens (tertiary/aromatic N) is 1. The zero-order chi connectivity index (χ0) is 21.6. The summed E-state index contributed by atoms with van der Waals surface area (Å²) in [6.45, 7) is 2.99. The van der Waals surface area contributed by atoms with Crippen molar-refractivity contribution in [3.63, 3.8) is 0 Å². The third-order valence-electron chi connectivity index (χ3n) is 5.17. The second kappa shape index (κ2) is 10.2. The number of carbonyl (C=O) groups is 2. The highest BCUT2D eigenvalue weighted by Crippen LogP contribution is 2.28. The Labute approximate surface area is 181 Å². The molecule has 0 bridgehead atoms. The van der Waals surface area contributed by atoms with Crippen molar-refractivity contribution >= 4 is 33.2 Å². The second-order valence-corrected chi connectivity index (χ2v) is 10.5. The number of sulfonamides is 1. The molecule has 0 spiro atoms. The van der Waals surface area contributed by atoms with Crippen LogP contribution >= 0.6 is 11.3 Å². The maximum atomic E-state index is 12.9. The van der Waals surface area contributed by atoms with Crippen molar-refractivity contribution < 1.29 is 18.0 Å². The van der Waals surface area contributed by atoms with Crippen LogP contribution in [0.3, 0.4) is 0 Å². The molecular weight excluding hydrogens is 422 g/mol. The fourth-order valence-electron chi connectivity index (χ4n) is 3.51. The number of piperidine rings is 1. The normalized spacial score (nSPS) is 17.4. The molecule has 2 heterocycles. The summed E-state index contributed by atoms with van der Waals surface area (Å²) in [5.41, 5.74) is 2.04. The molecule has 7 nitrogen and oxygen atoms in total. The first-order valence-corrected chi connectivity index (χ1v) is 12.4. The molecule has 1 saturated heterocycles. The van der Waals surface area contributed by atoms with E-state index in [1.807, 2.05) is 31.2 Å². The first-order valence-electron chi connectivity index (χ1n) is 10.0. The smallest absolute Gasteiger partial charge is 0.309 e. The Morgan fingerprint density at radius 1 is 1.10 bits per heavy atom. The Hall–Kier alpha value is -2.23. The van der Waals surface area contributed by atoms with Crippen molar-refractivity contribution in [2.24, 2.45) is 0 Å². The lowest BCUT2D eigenvalue weighted by Crippen LogP contribution is -2.46. The van der Waals surface area contributed by atoms with Crippen LogP contribution < -0.4 is 10.6 Å². The Morgan fingerprint density at radius 3 is 2.53 bits per heavy atom. The van der Waals surface area contributed by atoms with Crippen molar-refractivity contribution in [3.8, 4) is 0 Å². The van der Waals surface area contributed by atoms with Gasteiger partial charge in [-0.2, -0.15) is 4.31 Å². The lowest BCUT2D eigenvalue weighted by atomic mass is 10.0. The number of hydrogen-bond acceptors (Lipinski definition) is 5. The van der Waals surface area contributed by atoms with Crippen LogP contribution in [-0.4, -0.2) is 43.7 Å². The van der Waals surface area contributed by atoms with Crippen LogP contribution in [0.25, 0.3) is 0 Å². The molecule has 1 aromatic carbocycles. The third kappa shape index (κ3) is 5.68. The third-order valence-corrected chi connectivity index (χ3v) is 8.50. The number of amides is 2. The average Bonchev–Trinajstić information content (AvgIpc) is 3.29. The molecule has 1 atom stereocenters. The topological polar surface area (TPSA) is 95.6 Å². The van der Waals surface area contributed by atoms with Gasteiger partial charge in [0.2, 0.25) is 0 Å². The van der Waals surface area contributed by atoms with E-state index >= 15 is 0 Å². The lowest BCUT2D eigenvalue weighted by Gasteiger charge is -2.34. The first-order chi connectivity index (χ1) is 14.4. The molecule has 1 aromatic heterocycles. The molecule has 30 heavy (non-hydrogen) atoms. The first kappa shape index (κ1) is 22.5. The van der Waals surface area contributed by atoms with Crippen LogP contribution in [0.5, 0.6) is 0 Å². The van der Waals surface area contributed by atoms with Gasteiger partial charge in [0.25, 0.3) is 10.0 Å². The SMILES string of the molecule is Cc1ccc(CNC(=O)C(=O)NCC[C@@H]2CCCCN2S(=O)(=O)c2cccs2)cc1. The van der Waals surface area contributed by atoms with Gasteiger partial charge in [-0.1, -0.05) is 42.3 Å². The van der Waals surface area contributed by atoms with Crippen molar-refractivity contribution in [3.05, 3.63) is 52.9 Å². The quantitative estimate of drug-likeness (QED) is 0.635. The fourth-order valence-corrected chi connectivity index (χ4v) is 6.35. The minimum Gasteiger partial charge on any atom is -0.348 e. The molecule has 0 aliphatic carbocycles. The van der Waals surface area contributed by atoms with Crippen LogP contribution in [0.2, 0.25) is 0 Å². The summed E-state index contributed by atoms with van der Waals surface area (Å²) in [6, 6.07) is 10.9. The Balaban J connectivity index is 1.48. The monoisotopic (exact) mass is 449 g/mol. The molecule has 0 saturated carbocycles. The summed E-state index contributed by atoms with van der Waals surface area (Å²) in [4.78, 5) is 24.1. The predicted molar refractivity (Wildman–Crippen MR) is 117 cm³/mol. The highest BCUT2D eigenvalue weighted by atomic mass is 32.2. The summed E-state index contributed by atoms with van der Waals surface area (Å²) >= 11 is 1.21. The van der Waals surface area contributed by atoms with Gasteiger partial charge in [0.05, 0.1) is 0 Å². The van der Waals surface area contributed by atoms with Crippen LogP contribution in [-0.2, 0) is 26.2 Å². The molecule has 0 unspecified atom stereocenters. The van der Waals surface area contributed by atoms with E-state index in [9.17, 15) is 18.0 Å². The summed E-state index contributed by atoms with van der Waals surface area (Å²) in [7, 11) is -3.52. The van der Waals surface area contributed by atoms with Gasteiger partial charge in [0.15, 0.2) is 0 Å².